The van der Waals surface area contributed by atoms with Crippen LogP contribution in [0.4, 0.5) is 0 Å². The highest BCUT2D eigenvalue weighted by Crippen LogP contribution is 2.22. The van der Waals surface area contributed by atoms with E-state index in [0.717, 1.165) is 18.5 Å². The monoisotopic (exact) mass is 227 g/mol. The summed E-state index contributed by atoms with van der Waals surface area (Å²) < 4.78 is 0. The molecule has 0 aromatic rings. The highest BCUT2D eigenvalue weighted by atomic mass is 14.9. The first kappa shape index (κ1) is 16.0. The first-order valence-electron chi connectivity index (χ1n) is 7.47. The van der Waals surface area contributed by atoms with Crippen LogP contribution in [0, 0.1) is 5.92 Å². The van der Waals surface area contributed by atoms with Crippen LogP contribution >= 0.6 is 0 Å². The molecule has 0 aliphatic heterocycles. The fourth-order valence-corrected chi connectivity index (χ4v) is 2.25. The Morgan fingerprint density at radius 2 is 1.38 bits per heavy atom. The smallest absolute Gasteiger partial charge is 0.00671 e. The van der Waals surface area contributed by atoms with Crippen molar-refractivity contribution in [2.24, 2.45) is 5.92 Å². The summed E-state index contributed by atoms with van der Waals surface area (Å²) >= 11 is 0. The number of hydrogen-bond donors (Lipinski definition) is 1. The Morgan fingerprint density at radius 1 is 0.875 bits per heavy atom. The fourth-order valence-electron chi connectivity index (χ4n) is 2.25. The van der Waals surface area contributed by atoms with E-state index in [1.807, 2.05) is 0 Å². The van der Waals surface area contributed by atoms with Crippen LogP contribution in [0.1, 0.15) is 79.1 Å². The highest BCUT2D eigenvalue weighted by Gasteiger charge is 2.16. The van der Waals surface area contributed by atoms with Gasteiger partial charge in [0.05, 0.1) is 0 Å². The van der Waals surface area contributed by atoms with Crippen LogP contribution in [0.15, 0.2) is 0 Å². The van der Waals surface area contributed by atoms with Crippen molar-refractivity contribution < 1.29 is 0 Å². The maximum absolute atomic E-state index is 3.50. The summed E-state index contributed by atoms with van der Waals surface area (Å²) in [6, 6.07) is 0.834. The van der Waals surface area contributed by atoms with E-state index in [4.69, 9.17) is 0 Å². The lowest BCUT2D eigenvalue weighted by molar-refractivity contribution is 0.311. The molecule has 1 heteroatoms. The topological polar surface area (TPSA) is 12.0 Å². The van der Waals surface area contributed by atoms with E-state index in [9.17, 15) is 0 Å². The average Bonchev–Trinajstić information content (AvgIpc) is 2.31. The molecule has 1 aliphatic carbocycles. The van der Waals surface area contributed by atoms with Gasteiger partial charge in [0, 0.05) is 6.04 Å². The minimum atomic E-state index is 0.834. The molecule has 0 spiro atoms. The molecule has 1 nitrogen and oxygen atoms in total. The van der Waals surface area contributed by atoms with Gasteiger partial charge in [0.25, 0.3) is 0 Å². The molecule has 98 valence electrons. The first-order valence-corrected chi connectivity index (χ1v) is 7.47. The van der Waals surface area contributed by atoms with Crippen LogP contribution in [0.3, 0.4) is 0 Å². The Balaban J connectivity index is 0.000000325. The van der Waals surface area contributed by atoms with E-state index in [1.54, 1.807) is 0 Å². The van der Waals surface area contributed by atoms with E-state index < -0.39 is 0 Å². The first-order chi connectivity index (χ1) is 7.74. The van der Waals surface area contributed by atoms with Gasteiger partial charge in [-0.25, -0.2) is 0 Å². The zero-order valence-corrected chi connectivity index (χ0v) is 12.0. The lowest BCUT2D eigenvalue weighted by atomic mass is 9.87. The average molecular weight is 227 g/mol. The van der Waals surface area contributed by atoms with E-state index in [0.29, 0.717) is 0 Å². The predicted octanol–water partition coefficient (Wildman–Crippen LogP) is 4.76. The van der Waals surface area contributed by atoms with Gasteiger partial charge in [0.1, 0.15) is 0 Å². The van der Waals surface area contributed by atoms with Crippen LogP contribution in [0.5, 0.6) is 0 Å². The zero-order chi connectivity index (χ0) is 12.2. The summed E-state index contributed by atoms with van der Waals surface area (Å²) in [6.07, 6.45) is 11.2. The van der Waals surface area contributed by atoms with Crippen LogP contribution in [-0.4, -0.2) is 12.6 Å². The van der Waals surface area contributed by atoms with Crippen molar-refractivity contribution >= 4 is 0 Å². The summed E-state index contributed by atoms with van der Waals surface area (Å²) in [7, 11) is 0. The van der Waals surface area contributed by atoms with Crippen LogP contribution in [0.25, 0.3) is 0 Å². The molecule has 0 atom stereocenters. The molecule has 16 heavy (non-hydrogen) atoms. The van der Waals surface area contributed by atoms with Gasteiger partial charge in [-0.2, -0.15) is 0 Å². The van der Waals surface area contributed by atoms with Crippen LogP contribution in [-0.2, 0) is 0 Å². The second-order valence-electron chi connectivity index (χ2n) is 5.22. The Labute approximate surface area is 103 Å². The SMILES string of the molecule is CCCCCC.CCNC1CCC(C)CC1. The highest BCUT2D eigenvalue weighted by molar-refractivity contribution is 4.74. The Kier molecular flexibility index (Phi) is 11.4. The van der Waals surface area contributed by atoms with Gasteiger partial charge in [-0.3, -0.25) is 0 Å². The third kappa shape index (κ3) is 9.21. The van der Waals surface area contributed by atoms with Crippen molar-refractivity contribution in [2.75, 3.05) is 6.54 Å². The number of rotatable bonds is 5. The van der Waals surface area contributed by atoms with Gasteiger partial charge in [-0.05, 0) is 38.1 Å². The number of hydrogen-bond acceptors (Lipinski definition) is 1. The van der Waals surface area contributed by atoms with Crippen molar-refractivity contribution in [3.05, 3.63) is 0 Å². The molecule has 0 bridgehead atoms. The van der Waals surface area contributed by atoms with Gasteiger partial charge in [0.15, 0.2) is 0 Å². The van der Waals surface area contributed by atoms with Crippen LogP contribution < -0.4 is 5.32 Å². The zero-order valence-electron chi connectivity index (χ0n) is 12.0. The lowest BCUT2D eigenvalue weighted by Crippen LogP contribution is -2.32. The molecule has 1 N–H and O–H groups in total. The fraction of sp³-hybridized carbons (Fsp3) is 1.00. The molecule has 1 rings (SSSR count). The molecule has 0 saturated heterocycles. The molecule has 1 aliphatic rings. The Bertz CT molecular complexity index is 121. The van der Waals surface area contributed by atoms with Crippen molar-refractivity contribution in [1.82, 2.24) is 5.32 Å². The molecule has 1 saturated carbocycles. The largest absolute Gasteiger partial charge is 0.314 e. The van der Waals surface area contributed by atoms with Gasteiger partial charge in [-0.1, -0.05) is 53.4 Å². The quantitative estimate of drug-likeness (QED) is 0.668. The summed E-state index contributed by atoms with van der Waals surface area (Å²) in [5.74, 6) is 0.981. The minimum absolute atomic E-state index is 0.834. The summed E-state index contributed by atoms with van der Waals surface area (Å²) in [4.78, 5) is 0. The van der Waals surface area contributed by atoms with Gasteiger partial charge >= 0.3 is 0 Å². The molecule has 0 unspecified atom stereocenters. The van der Waals surface area contributed by atoms with E-state index in [-0.39, 0.29) is 0 Å². The van der Waals surface area contributed by atoms with Gasteiger partial charge in [0.2, 0.25) is 0 Å². The molecular weight excluding hydrogens is 194 g/mol. The number of nitrogens with one attached hydrogen (secondary N) is 1. The maximum Gasteiger partial charge on any atom is 0.00671 e. The third-order valence-corrected chi connectivity index (χ3v) is 3.47. The molecule has 0 radical (unpaired) electrons. The Morgan fingerprint density at radius 3 is 1.75 bits per heavy atom. The summed E-state index contributed by atoms with van der Waals surface area (Å²) in [5.41, 5.74) is 0. The summed E-state index contributed by atoms with van der Waals surface area (Å²) in [5, 5.41) is 3.50. The normalized spacial score (nSPS) is 24.8. The predicted molar refractivity (Wildman–Crippen MR) is 74.9 cm³/mol. The molecule has 1 fully saturated rings. The van der Waals surface area contributed by atoms with Crippen molar-refractivity contribution in [3.8, 4) is 0 Å². The van der Waals surface area contributed by atoms with E-state index >= 15 is 0 Å². The van der Waals surface area contributed by atoms with Gasteiger partial charge < -0.3 is 5.32 Å². The Hall–Kier alpha value is -0.0400. The second kappa shape index (κ2) is 11.4. The standard InChI is InChI=1S/C9H19N.C6H14/c1-3-10-9-6-4-8(2)5-7-9;1-3-5-6-4-2/h8-10H,3-7H2,1-2H3;3-6H2,1-2H3. The molecule has 0 aromatic heterocycles. The van der Waals surface area contributed by atoms with E-state index in [2.05, 4.69) is 33.0 Å². The molecular formula is C15H33N. The summed E-state index contributed by atoms with van der Waals surface area (Å²) in [6.45, 7) is 10.2. The third-order valence-electron chi connectivity index (χ3n) is 3.47. The van der Waals surface area contributed by atoms with Crippen molar-refractivity contribution in [2.45, 2.75) is 85.1 Å². The molecule has 0 aromatic carbocycles. The molecule has 0 heterocycles. The van der Waals surface area contributed by atoms with Crippen molar-refractivity contribution in [3.63, 3.8) is 0 Å². The number of unbranched alkanes of at least 4 members (excludes halogenated alkanes) is 3. The van der Waals surface area contributed by atoms with Crippen molar-refractivity contribution in [1.29, 1.82) is 0 Å². The second-order valence-corrected chi connectivity index (χ2v) is 5.22. The van der Waals surface area contributed by atoms with Crippen LogP contribution in [0.2, 0.25) is 0 Å². The van der Waals surface area contributed by atoms with E-state index in [1.165, 1.54) is 51.4 Å². The lowest BCUT2D eigenvalue weighted by Gasteiger charge is -2.26. The minimum Gasteiger partial charge on any atom is -0.314 e. The maximum atomic E-state index is 3.50. The van der Waals surface area contributed by atoms with Gasteiger partial charge in [-0.15, -0.1) is 0 Å². The molecule has 0 amide bonds.